The van der Waals surface area contributed by atoms with Gasteiger partial charge in [-0.1, -0.05) is 53.2 Å². The Bertz CT molecular complexity index is 1250. The summed E-state index contributed by atoms with van der Waals surface area (Å²) < 4.78 is 5.17. The highest BCUT2D eigenvalue weighted by Gasteiger charge is 2.54. The molecule has 1 amide bonds. The minimum atomic E-state index is -0.298. The number of piperidine rings is 2. The number of likely N-dealkylation sites (tertiary alicyclic amines) is 1. The number of nitrogens with zero attached hydrogens (tertiary/aromatic N) is 5. The Kier molecular flexibility index (Phi) is 10.4. The van der Waals surface area contributed by atoms with Crippen molar-refractivity contribution in [2.45, 2.75) is 31.4 Å². The predicted octanol–water partition coefficient (Wildman–Crippen LogP) is 4.98. The fraction of sp³-hybridized carbons (Fsp3) is 0.483. The lowest BCUT2D eigenvalue weighted by molar-refractivity contribution is 0.138. The summed E-state index contributed by atoms with van der Waals surface area (Å²) in [5.74, 6) is 4.12. The van der Waals surface area contributed by atoms with Gasteiger partial charge in [0.2, 0.25) is 10.6 Å². The maximum Gasteiger partial charge on any atom is 0.407 e. The molecule has 0 bridgehead atoms. The first kappa shape index (κ1) is 30.1. The van der Waals surface area contributed by atoms with Gasteiger partial charge in [-0.2, -0.15) is 0 Å². The van der Waals surface area contributed by atoms with Gasteiger partial charge in [0.05, 0.1) is 0 Å². The number of halogens is 3. The van der Waals surface area contributed by atoms with Crippen molar-refractivity contribution < 1.29 is 9.53 Å². The van der Waals surface area contributed by atoms with Crippen molar-refractivity contribution in [1.29, 1.82) is 0 Å². The maximum absolute atomic E-state index is 11.5. The Morgan fingerprint density at radius 2 is 1.49 bits per heavy atom. The maximum atomic E-state index is 11.5. The summed E-state index contributed by atoms with van der Waals surface area (Å²) in [5.41, 5.74) is 3.20. The van der Waals surface area contributed by atoms with Gasteiger partial charge in [0.25, 0.3) is 0 Å². The molecule has 4 aliphatic rings. The summed E-state index contributed by atoms with van der Waals surface area (Å²) in [7, 11) is 0. The van der Waals surface area contributed by atoms with Gasteiger partial charge in [-0.25, -0.2) is 24.7 Å². The third kappa shape index (κ3) is 8.58. The van der Waals surface area contributed by atoms with Gasteiger partial charge in [0, 0.05) is 74.4 Å². The van der Waals surface area contributed by atoms with Crippen molar-refractivity contribution in [2.24, 2.45) is 29.6 Å². The number of benzene rings is 1. The van der Waals surface area contributed by atoms with Crippen molar-refractivity contribution in [3.05, 3.63) is 82.4 Å². The molecule has 2 unspecified atom stereocenters. The molecule has 2 aliphatic heterocycles. The van der Waals surface area contributed by atoms with Gasteiger partial charge >= 0.3 is 6.09 Å². The van der Waals surface area contributed by atoms with E-state index in [0.717, 1.165) is 59.4 Å². The first-order valence-corrected chi connectivity index (χ1v) is 15.7. The van der Waals surface area contributed by atoms with Crippen LogP contribution in [0.4, 0.5) is 4.79 Å². The summed E-state index contributed by atoms with van der Waals surface area (Å²) in [4.78, 5) is 29.6. The van der Waals surface area contributed by atoms with Crippen LogP contribution in [0.15, 0.2) is 55.1 Å². The molecule has 41 heavy (non-hydrogen) atoms. The van der Waals surface area contributed by atoms with Crippen LogP contribution in [-0.4, -0.2) is 63.1 Å². The molecule has 218 valence electrons. The second kappa shape index (κ2) is 14.2. The second-order valence-electron chi connectivity index (χ2n) is 11.0. The number of carbonyl (C=O) groups is 1. The van der Waals surface area contributed by atoms with E-state index in [4.69, 9.17) is 27.9 Å². The largest absolute Gasteiger partial charge is 0.445 e. The Balaban J connectivity index is 0.000000130. The summed E-state index contributed by atoms with van der Waals surface area (Å²) >= 11 is 14.3. The molecular formula is C29H34BrCl2N7O2. The number of alkyl carbamates (subject to hydrolysis) is 1. The van der Waals surface area contributed by atoms with Crippen LogP contribution in [0.1, 0.15) is 23.6 Å². The van der Waals surface area contributed by atoms with Gasteiger partial charge in [-0.3, -0.25) is 4.90 Å². The number of amides is 1. The lowest BCUT2D eigenvalue weighted by atomic mass is 10.2. The number of nitrogens with one attached hydrogen (secondary N) is 2. The van der Waals surface area contributed by atoms with E-state index in [1.807, 2.05) is 42.7 Å². The number of aromatic nitrogens is 4. The SMILES string of the molecule is CC1[C@H]2CN(Cc3cnc(Cl)nc3)C[C@@H]12.Clc1ncc(CBr)cn1.O=C(NC1[C@H]2CNC[C@@H]12)OCc1ccccc1. The molecule has 2 aliphatic carbocycles. The van der Waals surface area contributed by atoms with Crippen molar-refractivity contribution >= 4 is 45.2 Å². The summed E-state index contributed by atoms with van der Waals surface area (Å²) in [5, 5.41) is 7.61. The van der Waals surface area contributed by atoms with Gasteiger partial charge in [0.1, 0.15) is 6.61 Å². The molecule has 2 saturated heterocycles. The molecule has 4 heterocycles. The highest BCUT2D eigenvalue weighted by molar-refractivity contribution is 9.08. The fourth-order valence-corrected chi connectivity index (χ4v) is 6.14. The van der Waals surface area contributed by atoms with E-state index in [-0.39, 0.29) is 6.09 Å². The van der Waals surface area contributed by atoms with Gasteiger partial charge in [0.15, 0.2) is 0 Å². The first-order valence-electron chi connectivity index (χ1n) is 13.8. The van der Waals surface area contributed by atoms with Crippen molar-refractivity contribution in [3.63, 3.8) is 0 Å². The standard InChI is InChI=1S/C13H16N2O2.C11H14ClN3.C5H4BrClN2/c16-13(15-12-10-6-14-7-11(10)12)17-8-9-4-2-1-3-5-9;1-7-9-5-15(6-10(7)9)4-8-2-13-11(12)14-3-8;6-1-4-2-8-5(7)9-3-4/h1-5,10-12,14H,6-8H2,(H,15,16);2-3,7,9-10H,4-6H2,1H3;2-3H,1H2/t10-,11+,12?;7?,9-,10+;. The monoisotopic (exact) mass is 661 g/mol. The molecule has 1 aromatic carbocycles. The molecule has 2 saturated carbocycles. The zero-order chi connectivity index (χ0) is 28.8. The van der Waals surface area contributed by atoms with Gasteiger partial charge in [-0.05, 0) is 63.9 Å². The van der Waals surface area contributed by atoms with Crippen LogP contribution in [0, 0.1) is 29.6 Å². The lowest BCUT2D eigenvalue weighted by Crippen LogP contribution is -2.32. The Labute approximate surface area is 258 Å². The number of rotatable bonds is 6. The number of ether oxygens (including phenoxy) is 1. The van der Waals surface area contributed by atoms with Crippen LogP contribution < -0.4 is 10.6 Å². The van der Waals surface area contributed by atoms with Gasteiger partial charge in [-0.15, -0.1) is 0 Å². The Morgan fingerprint density at radius 3 is 2.05 bits per heavy atom. The number of hydrogen-bond donors (Lipinski definition) is 2. The van der Waals surface area contributed by atoms with E-state index in [9.17, 15) is 4.79 Å². The summed E-state index contributed by atoms with van der Waals surface area (Å²) in [6.45, 7) is 8.20. The molecule has 6 atom stereocenters. The number of fused-ring (bicyclic) bond motifs is 2. The van der Waals surface area contributed by atoms with Crippen LogP contribution in [0.2, 0.25) is 10.6 Å². The fourth-order valence-electron chi connectivity index (χ4n) is 5.66. The summed E-state index contributed by atoms with van der Waals surface area (Å²) in [6.07, 6.45) is 6.72. The van der Waals surface area contributed by atoms with Gasteiger partial charge < -0.3 is 15.4 Å². The molecule has 2 aromatic heterocycles. The van der Waals surface area contributed by atoms with E-state index in [1.54, 1.807) is 12.4 Å². The molecular weight excluding hydrogens is 629 g/mol. The van der Waals surface area contributed by atoms with E-state index in [1.165, 1.54) is 13.1 Å². The zero-order valence-electron chi connectivity index (χ0n) is 22.8. The molecule has 4 fully saturated rings. The Morgan fingerprint density at radius 1 is 0.927 bits per heavy atom. The highest BCUT2D eigenvalue weighted by Crippen LogP contribution is 2.51. The third-order valence-electron chi connectivity index (χ3n) is 8.19. The van der Waals surface area contributed by atoms with Crippen LogP contribution in [0.3, 0.4) is 0 Å². The zero-order valence-corrected chi connectivity index (χ0v) is 25.9. The van der Waals surface area contributed by atoms with Crippen LogP contribution in [-0.2, 0) is 23.2 Å². The number of hydrogen-bond acceptors (Lipinski definition) is 8. The minimum Gasteiger partial charge on any atom is -0.445 e. The average molecular weight is 663 g/mol. The molecule has 7 rings (SSSR count). The van der Waals surface area contributed by atoms with Crippen LogP contribution >= 0.6 is 39.1 Å². The molecule has 0 radical (unpaired) electrons. The third-order valence-corrected chi connectivity index (χ3v) is 9.23. The molecule has 12 heteroatoms. The van der Waals surface area contributed by atoms with Crippen molar-refractivity contribution in [2.75, 3.05) is 26.2 Å². The van der Waals surface area contributed by atoms with E-state index >= 15 is 0 Å². The molecule has 2 N–H and O–H groups in total. The van der Waals surface area contributed by atoms with Crippen molar-refractivity contribution in [3.8, 4) is 0 Å². The molecule has 9 nitrogen and oxygen atoms in total. The average Bonchev–Trinajstić information content (AvgIpc) is 3.57. The summed E-state index contributed by atoms with van der Waals surface area (Å²) in [6, 6.07) is 10.1. The smallest absolute Gasteiger partial charge is 0.407 e. The quantitative estimate of drug-likeness (QED) is 0.281. The number of alkyl halides is 1. The predicted molar refractivity (Wildman–Crippen MR) is 162 cm³/mol. The van der Waals surface area contributed by atoms with Crippen LogP contribution in [0.25, 0.3) is 0 Å². The van der Waals surface area contributed by atoms with E-state index in [2.05, 4.69) is 58.3 Å². The molecule has 0 spiro atoms. The topological polar surface area (TPSA) is 105 Å². The van der Waals surface area contributed by atoms with E-state index < -0.39 is 0 Å². The highest BCUT2D eigenvalue weighted by atomic mass is 79.9. The number of carbonyl (C=O) groups excluding carboxylic acids is 1. The van der Waals surface area contributed by atoms with Crippen molar-refractivity contribution in [1.82, 2.24) is 35.5 Å². The molecule has 3 aromatic rings. The second-order valence-corrected chi connectivity index (χ2v) is 12.2. The van der Waals surface area contributed by atoms with Crippen LogP contribution in [0.5, 0.6) is 0 Å². The minimum absolute atomic E-state index is 0.291. The van der Waals surface area contributed by atoms with E-state index in [0.29, 0.717) is 35.1 Å². The first-order chi connectivity index (χ1) is 19.9. The lowest BCUT2D eigenvalue weighted by Gasteiger charge is -2.17. The Hall–Kier alpha value is -2.37. The normalized spacial score (nSPS) is 26.8.